The van der Waals surface area contributed by atoms with Crippen LogP contribution < -0.4 is 29.6 Å². The van der Waals surface area contributed by atoms with Gasteiger partial charge in [0.1, 0.15) is 0 Å². The third-order valence-corrected chi connectivity index (χ3v) is 1.55. The molecule has 15 heavy (non-hydrogen) atoms. The minimum absolute atomic E-state index is 0. The normalized spacial score (nSPS) is 9.40. The van der Waals surface area contributed by atoms with Crippen LogP contribution in [0.4, 0.5) is 0 Å². The van der Waals surface area contributed by atoms with Crippen LogP contribution in [0.5, 0.6) is 0 Å². The first-order chi connectivity index (χ1) is 5.99. The van der Waals surface area contributed by atoms with Crippen molar-refractivity contribution in [3.63, 3.8) is 0 Å². The van der Waals surface area contributed by atoms with Crippen LogP contribution >= 0.6 is 0 Å². The number of benzene rings is 1. The zero-order valence-corrected chi connectivity index (χ0v) is 13.9. The molecule has 8 heteroatoms. The molecule has 0 unspecified atom stereocenters. The third kappa shape index (κ3) is 7.16. The second kappa shape index (κ2) is 7.49. The fourth-order valence-electron chi connectivity index (χ4n) is 0.718. The van der Waals surface area contributed by atoms with E-state index in [1.807, 2.05) is 0 Å². The Morgan fingerprint density at radius 2 is 1.73 bits per heavy atom. The number of carbonyl (C=O) groups excluding carboxylic acids is 1. The molecule has 1 aromatic carbocycles. The van der Waals surface area contributed by atoms with Gasteiger partial charge in [0.25, 0.3) is 0 Å². The molecule has 0 aromatic heterocycles. The van der Waals surface area contributed by atoms with Crippen LogP contribution in [0.1, 0.15) is 11.8 Å². The Labute approximate surface area is 124 Å². The van der Waals surface area contributed by atoms with Crippen LogP contribution in [-0.4, -0.2) is 18.9 Å². The average molecular weight is 292 g/mol. The average Bonchev–Trinajstić information content (AvgIpc) is 2.03. The Morgan fingerprint density at radius 3 is 2.13 bits per heavy atom. The van der Waals surface area contributed by atoms with E-state index in [2.05, 4.69) is 4.18 Å². The summed E-state index contributed by atoms with van der Waals surface area (Å²) < 4.78 is 32.1. The van der Waals surface area contributed by atoms with Gasteiger partial charge in [-0.15, -0.1) is 0 Å². The standard InChI is InChI=1S/C7H6O5S.Na.Zn.H/c8-7(12-13(9,10)11)6-4-2-1-3-5-6;;;/h1-5H,(H,9,10,11);;;/q;+1;;-1. The number of rotatable bonds is 2. The summed E-state index contributed by atoms with van der Waals surface area (Å²) in [6, 6.07) is 7.48. The van der Waals surface area contributed by atoms with Crippen LogP contribution in [0, 0.1) is 0 Å². The monoisotopic (exact) mass is 290 g/mol. The van der Waals surface area contributed by atoms with Crippen LogP contribution in [0.3, 0.4) is 0 Å². The quantitative estimate of drug-likeness (QED) is 0.492. The van der Waals surface area contributed by atoms with E-state index in [9.17, 15) is 13.2 Å². The van der Waals surface area contributed by atoms with Gasteiger partial charge >= 0.3 is 45.9 Å². The summed E-state index contributed by atoms with van der Waals surface area (Å²) >= 11 is 0. The first kappa shape index (κ1) is 17.6. The van der Waals surface area contributed by atoms with Crippen molar-refractivity contribution < 1.29 is 72.4 Å². The van der Waals surface area contributed by atoms with Gasteiger partial charge in [-0.05, 0) is 12.1 Å². The zero-order chi connectivity index (χ0) is 9.90. The maximum absolute atomic E-state index is 10.9. The second-order valence-electron chi connectivity index (χ2n) is 2.16. The van der Waals surface area contributed by atoms with Gasteiger partial charge in [-0.3, -0.25) is 4.55 Å². The van der Waals surface area contributed by atoms with Crippen molar-refractivity contribution in [1.29, 1.82) is 0 Å². The van der Waals surface area contributed by atoms with Crippen molar-refractivity contribution in [2.24, 2.45) is 0 Å². The first-order valence-corrected chi connectivity index (χ1v) is 4.62. The molecule has 0 saturated carbocycles. The van der Waals surface area contributed by atoms with Crippen LogP contribution in [-0.2, 0) is 34.1 Å². The molecule has 74 valence electrons. The molecule has 0 radical (unpaired) electrons. The summed E-state index contributed by atoms with van der Waals surface area (Å²) in [5.41, 5.74) is 0.0557. The molecule has 0 bridgehead atoms. The van der Waals surface area contributed by atoms with Crippen molar-refractivity contribution in [3.8, 4) is 0 Å². The van der Waals surface area contributed by atoms with Gasteiger partial charge in [0.15, 0.2) is 0 Å². The zero-order valence-electron chi connectivity index (χ0n) is 9.08. The topological polar surface area (TPSA) is 80.7 Å². The van der Waals surface area contributed by atoms with E-state index >= 15 is 0 Å². The van der Waals surface area contributed by atoms with Crippen molar-refractivity contribution >= 4 is 16.4 Å². The molecule has 0 fully saturated rings. The van der Waals surface area contributed by atoms with E-state index in [1.54, 1.807) is 18.2 Å². The summed E-state index contributed by atoms with van der Waals surface area (Å²) in [6.45, 7) is 0. The van der Waals surface area contributed by atoms with E-state index in [4.69, 9.17) is 4.55 Å². The van der Waals surface area contributed by atoms with Crippen molar-refractivity contribution in [2.75, 3.05) is 0 Å². The molecule has 0 spiro atoms. The minimum Gasteiger partial charge on any atom is -1.00 e. The molecule has 0 amide bonds. The first-order valence-electron chi connectivity index (χ1n) is 3.25. The Balaban J connectivity index is -0.000000563. The largest absolute Gasteiger partial charge is 1.00 e. The maximum atomic E-state index is 10.9. The number of hydrogen-bond acceptors (Lipinski definition) is 4. The Bertz CT molecular complexity index is 410. The van der Waals surface area contributed by atoms with E-state index in [-0.39, 0.29) is 56.0 Å². The molecule has 0 aliphatic rings. The smallest absolute Gasteiger partial charge is 1.00 e. The number of hydrogen-bond donors (Lipinski definition) is 1. The SMILES string of the molecule is O=C(OS(=O)(=O)O)c1ccccc1.[H-].[Na+].[Zn]. The third-order valence-electron chi connectivity index (χ3n) is 1.19. The summed E-state index contributed by atoms with van der Waals surface area (Å²) in [6.07, 6.45) is 0. The van der Waals surface area contributed by atoms with E-state index in [1.165, 1.54) is 12.1 Å². The Kier molecular flexibility index (Phi) is 8.79. The molecular weight excluding hydrogens is 285 g/mol. The summed E-state index contributed by atoms with van der Waals surface area (Å²) in [4.78, 5) is 10.9. The van der Waals surface area contributed by atoms with E-state index in [0.717, 1.165) is 0 Å². The van der Waals surface area contributed by atoms with Gasteiger partial charge in [0.05, 0.1) is 5.56 Å². The predicted molar refractivity (Wildman–Crippen MR) is 44.5 cm³/mol. The van der Waals surface area contributed by atoms with Gasteiger partial charge < -0.3 is 5.61 Å². The van der Waals surface area contributed by atoms with Crippen LogP contribution in [0.2, 0.25) is 0 Å². The minimum atomic E-state index is -4.72. The summed E-state index contributed by atoms with van der Waals surface area (Å²) in [5, 5.41) is 0. The molecule has 0 heterocycles. The maximum Gasteiger partial charge on any atom is 1.00 e. The second-order valence-corrected chi connectivity index (χ2v) is 3.19. The fraction of sp³-hybridized carbons (Fsp3) is 0. The van der Waals surface area contributed by atoms with Crippen molar-refractivity contribution in [3.05, 3.63) is 35.9 Å². The summed E-state index contributed by atoms with van der Waals surface area (Å²) in [5.74, 6) is -1.11. The molecule has 0 saturated heterocycles. The van der Waals surface area contributed by atoms with Crippen LogP contribution in [0.25, 0.3) is 0 Å². The van der Waals surface area contributed by atoms with Gasteiger partial charge in [0, 0.05) is 19.5 Å². The van der Waals surface area contributed by atoms with Gasteiger partial charge in [0.2, 0.25) is 0 Å². The molecule has 5 nitrogen and oxygen atoms in total. The summed E-state index contributed by atoms with van der Waals surface area (Å²) in [7, 11) is -4.72. The molecule has 1 aromatic rings. The van der Waals surface area contributed by atoms with Gasteiger partial charge in [-0.2, -0.15) is 8.42 Å². The molecule has 0 aliphatic heterocycles. The van der Waals surface area contributed by atoms with Crippen LogP contribution in [0.15, 0.2) is 30.3 Å². The molecule has 1 N–H and O–H groups in total. The molecule has 0 atom stereocenters. The molecule has 0 aliphatic carbocycles. The fourth-order valence-corrected chi connectivity index (χ4v) is 1.01. The van der Waals surface area contributed by atoms with Gasteiger partial charge in [-0.1, -0.05) is 18.2 Å². The number of carbonyl (C=O) groups is 1. The van der Waals surface area contributed by atoms with E-state index < -0.39 is 16.4 Å². The predicted octanol–water partition coefficient (Wildman–Crippen LogP) is -2.24. The Hall–Kier alpha value is 0.223. The molecular formula is C7H7NaO5SZn. The van der Waals surface area contributed by atoms with Crippen molar-refractivity contribution in [1.82, 2.24) is 0 Å². The molecule has 1 rings (SSSR count). The van der Waals surface area contributed by atoms with E-state index in [0.29, 0.717) is 0 Å². The van der Waals surface area contributed by atoms with Crippen molar-refractivity contribution in [2.45, 2.75) is 0 Å². The Morgan fingerprint density at radius 1 is 1.27 bits per heavy atom. The van der Waals surface area contributed by atoms with Gasteiger partial charge in [-0.25, -0.2) is 4.79 Å².